The van der Waals surface area contributed by atoms with E-state index in [0.29, 0.717) is 15.7 Å². The summed E-state index contributed by atoms with van der Waals surface area (Å²) in [5, 5.41) is 15.9. The molecule has 2 amide bonds. The molecule has 0 aromatic heterocycles. The Balaban J connectivity index is 2.11. The SMILES string of the molecule is O=C1CCC(Nc2ccc([N+](=O)[O-])c(I)c2)C(=O)N1. The third-order valence-corrected chi connectivity index (χ3v) is 3.59. The molecule has 100 valence electrons. The lowest BCUT2D eigenvalue weighted by atomic mass is 10.1. The number of hydrogen-bond donors (Lipinski definition) is 2. The molecule has 1 unspecified atom stereocenters. The van der Waals surface area contributed by atoms with Gasteiger partial charge in [0.2, 0.25) is 11.8 Å². The molecule has 19 heavy (non-hydrogen) atoms. The number of hydrogen-bond acceptors (Lipinski definition) is 5. The van der Waals surface area contributed by atoms with Gasteiger partial charge in [-0.15, -0.1) is 0 Å². The Morgan fingerprint density at radius 2 is 2.16 bits per heavy atom. The van der Waals surface area contributed by atoms with Crippen LogP contribution in [0.5, 0.6) is 0 Å². The molecular formula is C11H10IN3O4. The second kappa shape index (κ2) is 5.51. The van der Waals surface area contributed by atoms with Gasteiger partial charge >= 0.3 is 0 Å². The zero-order valence-corrected chi connectivity index (χ0v) is 11.8. The molecule has 0 radical (unpaired) electrons. The summed E-state index contributed by atoms with van der Waals surface area (Å²) in [5.74, 6) is -0.647. The van der Waals surface area contributed by atoms with Crippen LogP contribution in [0.15, 0.2) is 18.2 Å². The van der Waals surface area contributed by atoms with E-state index in [1.54, 1.807) is 12.1 Å². The summed E-state index contributed by atoms with van der Waals surface area (Å²) >= 11 is 1.87. The molecule has 0 bridgehead atoms. The van der Waals surface area contributed by atoms with Crippen LogP contribution in [-0.2, 0) is 9.59 Å². The van der Waals surface area contributed by atoms with Crippen LogP contribution in [0.1, 0.15) is 12.8 Å². The summed E-state index contributed by atoms with van der Waals surface area (Å²) in [6.07, 6.45) is 0.700. The largest absolute Gasteiger partial charge is 0.374 e. The van der Waals surface area contributed by atoms with Crippen molar-refractivity contribution in [2.24, 2.45) is 0 Å². The molecule has 1 aromatic carbocycles. The number of nitrogens with one attached hydrogen (secondary N) is 2. The minimum absolute atomic E-state index is 0.0226. The van der Waals surface area contributed by atoms with E-state index in [1.807, 2.05) is 22.6 Å². The van der Waals surface area contributed by atoms with Crippen molar-refractivity contribution in [3.8, 4) is 0 Å². The van der Waals surface area contributed by atoms with Gasteiger partial charge in [-0.1, -0.05) is 0 Å². The molecule has 2 rings (SSSR count). The average Bonchev–Trinajstić information content (AvgIpc) is 2.32. The molecule has 1 aliphatic rings. The Kier molecular flexibility index (Phi) is 3.98. The molecule has 2 N–H and O–H groups in total. The van der Waals surface area contributed by atoms with E-state index >= 15 is 0 Å². The second-order valence-electron chi connectivity index (χ2n) is 4.07. The Bertz CT molecular complexity index is 561. The first-order chi connectivity index (χ1) is 8.97. The van der Waals surface area contributed by atoms with Crippen molar-refractivity contribution in [2.45, 2.75) is 18.9 Å². The number of carbonyl (C=O) groups is 2. The molecule has 1 heterocycles. The predicted octanol–water partition coefficient (Wildman–Crippen LogP) is 1.42. The summed E-state index contributed by atoms with van der Waals surface area (Å²) in [7, 11) is 0. The van der Waals surface area contributed by atoms with Crippen LogP contribution in [0, 0.1) is 13.7 Å². The number of nitro groups is 1. The molecule has 1 fully saturated rings. The Morgan fingerprint density at radius 3 is 2.74 bits per heavy atom. The highest BCUT2D eigenvalue weighted by molar-refractivity contribution is 14.1. The maximum atomic E-state index is 11.6. The van der Waals surface area contributed by atoms with Crippen molar-refractivity contribution in [2.75, 3.05) is 5.32 Å². The van der Waals surface area contributed by atoms with Gasteiger partial charge in [0.1, 0.15) is 6.04 Å². The molecule has 1 aliphatic heterocycles. The van der Waals surface area contributed by atoms with Gasteiger partial charge in [-0.3, -0.25) is 25.0 Å². The Hall–Kier alpha value is -1.71. The predicted molar refractivity (Wildman–Crippen MR) is 75.6 cm³/mol. The first-order valence-corrected chi connectivity index (χ1v) is 6.59. The van der Waals surface area contributed by atoms with E-state index in [4.69, 9.17) is 0 Å². The maximum Gasteiger partial charge on any atom is 0.282 e. The highest BCUT2D eigenvalue weighted by atomic mass is 127. The summed E-state index contributed by atoms with van der Waals surface area (Å²) in [4.78, 5) is 32.8. The number of nitro benzene ring substituents is 1. The van der Waals surface area contributed by atoms with Crippen molar-refractivity contribution in [3.05, 3.63) is 31.9 Å². The van der Waals surface area contributed by atoms with Crippen LogP contribution in [-0.4, -0.2) is 22.8 Å². The lowest BCUT2D eigenvalue weighted by molar-refractivity contribution is -0.385. The van der Waals surface area contributed by atoms with Crippen molar-refractivity contribution < 1.29 is 14.5 Å². The number of carbonyl (C=O) groups excluding carboxylic acids is 2. The van der Waals surface area contributed by atoms with Crippen LogP contribution in [0.4, 0.5) is 11.4 Å². The number of amides is 2. The molecule has 0 aliphatic carbocycles. The van der Waals surface area contributed by atoms with Crippen LogP contribution >= 0.6 is 22.6 Å². The standard InChI is InChI=1S/C11H10IN3O4/c12-7-5-6(1-3-9(7)15(18)19)13-8-2-4-10(16)14-11(8)17/h1,3,5,8,13H,2,4H2,(H,14,16,17). The quantitative estimate of drug-likeness (QED) is 0.360. The zero-order valence-electron chi connectivity index (χ0n) is 9.68. The highest BCUT2D eigenvalue weighted by Crippen LogP contribution is 2.25. The number of anilines is 1. The van der Waals surface area contributed by atoms with Gasteiger partial charge in [-0.05, 0) is 41.1 Å². The van der Waals surface area contributed by atoms with Crippen molar-refractivity contribution >= 4 is 45.8 Å². The third kappa shape index (κ3) is 3.19. The van der Waals surface area contributed by atoms with Gasteiger partial charge < -0.3 is 5.32 Å². The van der Waals surface area contributed by atoms with Gasteiger partial charge in [-0.2, -0.15) is 0 Å². The summed E-state index contributed by atoms with van der Waals surface area (Å²) in [6, 6.07) is 4.04. The van der Waals surface area contributed by atoms with Gasteiger partial charge in [-0.25, -0.2) is 0 Å². The van der Waals surface area contributed by atoms with Crippen LogP contribution < -0.4 is 10.6 Å². The molecule has 8 heteroatoms. The smallest absolute Gasteiger partial charge is 0.282 e. The maximum absolute atomic E-state index is 11.6. The summed E-state index contributed by atoms with van der Waals surface area (Å²) in [5.41, 5.74) is 0.638. The van der Waals surface area contributed by atoms with Crippen LogP contribution in [0.3, 0.4) is 0 Å². The van der Waals surface area contributed by atoms with Crippen molar-refractivity contribution in [1.82, 2.24) is 5.32 Å². The van der Waals surface area contributed by atoms with Crippen LogP contribution in [0.2, 0.25) is 0 Å². The minimum atomic E-state index is -0.491. The van der Waals surface area contributed by atoms with E-state index in [1.165, 1.54) is 6.07 Å². The number of halogens is 1. The normalized spacial score (nSPS) is 18.9. The van der Waals surface area contributed by atoms with E-state index < -0.39 is 11.0 Å². The van der Waals surface area contributed by atoms with Gasteiger partial charge in [0, 0.05) is 18.2 Å². The third-order valence-electron chi connectivity index (χ3n) is 2.72. The molecule has 1 atom stereocenters. The van der Waals surface area contributed by atoms with E-state index in [2.05, 4.69) is 10.6 Å². The second-order valence-corrected chi connectivity index (χ2v) is 5.23. The molecule has 7 nitrogen and oxygen atoms in total. The van der Waals surface area contributed by atoms with Crippen molar-refractivity contribution in [1.29, 1.82) is 0 Å². The minimum Gasteiger partial charge on any atom is -0.374 e. The topological polar surface area (TPSA) is 101 Å². The zero-order chi connectivity index (χ0) is 14.0. The Labute approximate surface area is 122 Å². The van der Waals surface area contributed by atoms with E-state index in [-0.39, 0.29) is 23.9 Å². The Morgan fingerprint density at radius 1 is 1.42 bits per heavy atom. The number of nitrogens with zero attached hydrogens (tertiary/aromatic N) is 1. The fraction of sp³-hybridized carbons (Fsp3) is 0.273. The first kappa shape index (κ1) is 13.7. The van der Waals surface area contributed by atoms with E-state index in [0.717, 1.165) is 0 Å². The van der Waals surface area contributed by atoms with Gasteiger partial charge in [0.15, 0.2) is 0 Å². The van der Waals surface area contributed by atoms with Gasteiger partial charge in [0.25, 0.3) is 5.69 Å². The average molecular weight is 375 g/mol. The number of benzene rings is 1. The van der Waals surface area contributed by atoms with Gasteiger partial charge in [0.05, 0.1) is 8.49 Å². The molecular weight excluding hydrogens is 365 g/mol. The number of rotatable bonds is 3. The molecule has 1 saturated heterocycles. The fourth-order valence-electron chi connectivity index (χ4n) is 1.78. The van der Waals surface area contributed by atoms with Crippen molar-refractivity contribution in [3.63, 3.8) is 0 Å². The first-order valence-electron chi connectivity index (χ1n) is 5.51. The highest BCUT2D eigenvalue weighted by Gasteiger charge is 2.26. The number of piperidine rings is 1. The molecule has 1 aromatic rings. The molecule has 0 spiro atoms. The van der Waals surface area contributed by atoms with E-state index in [9.17, 15) is 19.7 Å². The monoisotopic (exact) mass is 375 g/mol. The lowest BCUT2D eigenvalue weighted by Crippen LogP contribution is -2.47. The lowest BCUT2D eigenvalue weighted by Gasteiger charge is -2.22. The number of imide groups is 1. The summed E-state index contributed by atoms with van der Waals surface area (Å²) in [6.45, 7) is 0. The fourth-order valence-corrected chi connectivity index (χ4v) is 2.49. The summed E-state index contributed by atoms with van der Waals surface area (Å²) < 4.78 is 0.486. The molecule has 0 saturated carbocycles. The van der Waals surface area contributed by atoms with Crippen LogP contribution in [0.25, 0.3) is 0 Å².